The van der Waals surface area contributed by atoms with Gasteiger partial charge >= 0.3 is 0 Å². The number of epoxide rings is 1. The molecule has 0 radical (unpaired) electrons. The average Bonchev–Trinajstić information content (AvgIpc) is 2.79. The van der Waals surface area contributed by atoms with Crippen LogP contribution in [-0.4, -0.2) is 11.2 Å². The Balaban J connectivity index is 2.12. The first-order valence-electron chi connectivity index (χ1n) is 6.63. The number of rotatable bonds is 0. The molecule has 0 spiro atoms. The smallest absolute Gasteiger partial charge is 0.116 e. The lowest BCUT2D eigenvalue weighted by atomic mass is 9.85. The summed E-state index contributed by atoms with van der Waals surface area (Å²) in [5.41, 5.74) is 1.46. The zero-order valence-electron chi connectivity index (χ0n) is 10.9. The minimum absolute atomic E-state index is 0.00344. The standard InChI is InChI=1S/C15H24O/c1-13-11-9-7-5-4-6-8-10-12-14(2)15(13,3)16-14/h7,9,11H,4-6,8,10,12H2,1-3H3. The van der Waals surface area contributed by atoms with Crippen LogP contribution in [0.25, 0.3) is 0 Å². The van der Waals surface area contributed by atoms with Crippen molar-refractivity contribution >= 4 is 0 Å². The first-order valence-corrected chi connectivity index (χ1v) is 6.63. The maximum atomic E-state index is 6.02. The van der Waals surface area contributed by atoms with Crippen molar-refractivity contribution in [2.24, 2.45) is 0 Å². The highest BCUT2D eigenvalue weighted by Crippen LogP contribution is 2.55. The van der Waals surface area contributed by atoms with E-state index in [9.17, 15) is 0 Å². The Kier molecular flexibility index (Phi) is 3.25. The summed E-state index contributed by atoms with van der Waals surface area (Å²) < 4.78 is 6.02. The molecular weight excluding hydrogens is 196 g/mol. The van der Waals surface area contributed by atoms with Crippen LogP contribution in [0.2, 0.25) is 0 Å². The van der Waals surface area contributed by atoms with Crippen LogP contribution >= 0.6 is 0 Å². The molecule has 0 aromatic rings. The molecule has 1 saturated heterocycles. The van der Waals surface area contributed by atoms with E-state index < -0.39 is 0 Å². The largest absolute Gasteiger partial charge is 0.358 e. The van der Waals surface area contributed by atoms with Crippen LogP contribution in [0.15, 0.2) is 23.8 Å². The van der Waals surface area contributed by atoms with E-state index in [0.717, 1.165) is 0 Å². The molecule has 1 heterocycles. The Bertz CT molecular complexity index is 315. The van der Waals surface area contributed by atoms with Crippen LogP contribution in [-0.2, 0) is 4.74 Å². The van der Waals surface area contributed by atoms with Crippen molar-refractivity contribution < 1.29 is 4.74 Å². The molecule has 90 valence electrons. The summed E-state index contributed by atoms with van der Waals surface area (Å²) in [5.74, 6) is 0. The highest BCUT2D eigenvalue weighted by Gasteiger charge is 2.63. The van der Waals surface area contributed by atoms with Crippen molar-refractivity contribution in [2.45, 2.75) is 70.5 Å². The van der Waals surface area contributed by atoms with E-state index in [2.05, 4.69) is 39.0 Å². The van der Waals surface area contributed by atoms with Gasteiger partial charge in [0, 0.05) is 0 Å². The van der Waals surface area contributed by atoms with Crippen molar-refractivity contribution in [3.63, 3.8) is 0 Å². The minimum Gasteiger partial charge on any atom is -0.358 e. The first-order chi connectivity index (χ1) is 7.58. The van der Waals surface area contributed by atoms with Crippen LogP contribution in [0.1, 0.15) is 59.3 Å². The zero-order valence-corrected chi connectivity index (χ0v) is 10.9. The summed E-state index contributed by atoms with van der Waals surface area (Å²) in [4.78, 5) is 0. The van der Waals surface area contributed by atoms with E-state index >= 15 is 0 Å². The second-order valence-corrected chi connectivity index (χ2v) is 5.60. The van der Waals surface area contributed by atoms with E-state index in [0.29, 0.717) is 0 Å². The van der Waals surface area contributed by atoms with Crippen molar-refractivity contribution in [1.82, 2.24) is 0 Å². The fourth-order valence-electron chi connectivity index (χ4n) is 2.76. The van der Waals surface area contributed by atoms with Crippen molar-refractivity contribution in [3.05, 3.63) is 23.8 Å². The van der Waals surface area contributed by atoms with Crippen molar-refractivity contribution in [3.8, 4) is 0 Å². The van der Waals surface area contributed by atoms with Crippen LogP contribution < -0.4 is 0 Å². The minimum atomic E-state index is -0.00344. The number of fused-ring (bicyclic) bond motifs is 1. The zero-order chi connectivity index (χ0) is 11.6. The van der Waals surface area contributed by atoms with Gasteiger partial charge in [0.05, 0.1) is 5.60 Å². The van der Waals surface area contributed by atoms with E-state index in [-0.39, 0.29) is 11.2 Å². The molecule has 1 heteroatoms. The molecule has 0 N–H and O–H groups in total. The number of allylic oxidation sites excluding steroid dienone is 3. The van der Waals surface area contributed by atoms with Crippen LogP contribution in [0.5, 0.6) is 0 Å². The first kappa shape index (κ1) is 11.9. The van der Waals surface area contributed by atoms with Gasteiger partial charge in [0.1, 0.15) is 5.60 Å². The van der Waals surface area contributed by atoms with Gasteiger partial charge in [0.15, 0.2) is 0 Å². The maximum absolute atomic E-state index is 6.02. The van der Waals surface area contributed by atoms with Gasteiger partial charge in [0.2, 0.25) is 0 Å². The molecule has 2 rings (SSSR count). The lowest BCUT2D eigenvalue weighted by molar-refractivity contribution is 0.277. The van der Waals surface area contributed by atoms with E-state index in [1.165, 1.54) is 44.1 Å². The third-order valence-electron chi connectivity index (χ3n) is 4.41. The van der Waals surface area contributed by atoms with Crippen molar-refractivity contribution in [2.75, 3.05) is 0 Å². The van der Waals surface area contributed by atoms with Crippen molar-refractivity contribution in [1.29, 1.82) is 0 Å². The van der Waals surface area contributed by atoms with Crippen LogP contribution in [0, 0.1) is 0 Å². The fourth-order valence-corrected chi connectivity index (χ4v) is 2.76. The van der Waals surface area contributed by atoms with E-state index in [1.807, 2.05) is 0 Å². The fraction of sp³-hybridized carbons (Fsp3) is 0.733. The molecule has 2 unspecified atom stereocenters. The SMILES string of the molecule is CC1=CC=CCCCCCCC2(C)OC12C. The Morgan fingerprint density at radius 3 is 2.69 bits per heavy atom. The highest BCUT2D eigenvalue weighted by atomic mass is 16.6. The summed E-state index contributed by atoms with van der Waals surface area (Å²) in [7, 11) is 0. The summed E-state index contributed by atoms with van der Waals surface area (Å²) >= 11 is 0. The molecule has 0 bridgehead atoms. The summed E-state index contributed by atoms with van der Waals surface area (Å²) in [6.45, 7) is 6.69. The third kappa shape index (κ3) is 2.10. The van der Waals surface area contributed by atoms with E-state index in [4.69, 9.17) is 4.74 Å². The molecule has 1 fully saturated rings. The lowest BCUT2D eigenvalue weighted by Gasteiger charge is -2.13. The molecule has 1 aliphatic heterocycles. The lowest BCUT2D eigenvalue weighted by Crippen LogP contribution is -2.21. The molecule has 2 aliphatic rings. The predicted molar refractivity (Wildman–Crippen MR) is 68.5 cm³/mol. The topological polar surface area (TPSA) is 12.5 Å². The van der Waals surface area contributed by atoms with Gasteiger partial charge < -0.3 is 4.74 Å². The highest BCUT2D eigenvalue weighted by molar-refractivity contribution is 5.32. The Morgan fingerprint density at radius 1 is 1.12 bits per heavy atom. The van der Waals surface area contributed by atoms with Gasteiger partial charge in [0.25, 0.3) is 0 Å². The van der Waals surface area contributed by atoms with Gasteiger partial charge in [-0.05, 0) is 45.6 Å². The maximum Gasteiger partial charge on any atom is 0.116 e. The van der Waals surface area contributed by atoms with Gasteiger partial charge in [-0.25, -0.2) is 0 Å². The van der Waals surface area contributed by atoms with Gasteiger partial charge in [-0.2, -0.15) is 0 Å². The molecule has 0 amide bonds. The normalized spacial score (nSPS) is 40.3. The molecule has 16 heavy (non-hydrogen) atoms. The average molecular weight is 220 g/mol. The Labute approximate surface area is 99.6 Å². The molecule has 2 atom stereocenters. The summed E-state index contributed by atoms with van der Waals surface area (Å²) in [6.07, 6.45) is 14.5. The van der Waals surface area contributed by atoms with Crippen LogP contribution in [0.4, 0.5) is 0 Å². The number of hydrogen-bond acceptors (Lipinski definition) is 1. The Hall–Kier alpha value is -0.560. The summed E-state index contributed by atoms with van der Waals surface area (Å²) in [6, 6.07) is 0. The molecule has 0 aromatic carbocycles. The van der Waals surface area contributed by atoms with Gasteiger partial charge in [-0.3, -0.25) is 0 Å². The van der Waals surface area contributed by atoms with Gasteiger partial charge in [-0.1, -0.05) is 37.5 Å². The second kappa shape index (κ2) is 4.37. The third-order valence-corrected chi connectivity index (χ3v) is 4.41. The number of ether oxygens (including phenoxy) is 1. The van der Waals surface area contributed by atoms with E-state index in [1.54, 1.807) is 0 Å². The molecule has 0 saturated carbocycles. The molecule has 0 aromatic heterocycles. The molecule has 1 aliphatic carbocycles. The summed E-state index contributed by atoms with van der Waals surface area (Å²) in [5, 5.41) is 0. The van der Waals surface area contributed by atoms with Crippen LogP contribution in [0.3, 0.4) is 0 Å². The second-order valence-electron chi connectivity index (χ2n) is 5.60. The number of hydrogen-bond donors (Lipinski definition) is 0. The monoisotopic (exact) mass is 220 g/mol. The molecular formula is C15H24O. The molecule has 1 nitrogen and oxygen atoms in total. The Morgan fingerprint density at radius 2 is 1.88 bits per heavy atom. The predicted octanol–water partition coefficient (Wildman–Crippen LogP) is 4.39. The van der Waals surface area contributed by atoms with Gasteiger partial charge in [-0.15, -0.1) is 0 Å². The quantitative estimate of drug-likeness (QED) is 0.551.